The standard InChI is InChI=1S/C15H21NOS/c1-15(6-8-18-11-15)10-17-13-4-5-14-12(9-13)3-2-7-16-14/h4-5,9,16H,2-3,6-8,10-11H2,1H3. The lowest BCUT2D eigenvalue weighted by atomic mass is 9.91. The van der Waals surface area contributed by atoms with E-state index in [0.29, 0.717) is 5.41 Å². The molecule has 2 nitrogen and oxygen atoms in total. The molecule has 1 aromatic rings. The van der Waals surface area contributed by atoms with Gasteiger partial charge in [0.25, 0.3) is 0 Å². The summed E-state index contributed by atoms with van der Waals surface area (Å²) < 4.78 is 6.02. The first kappa shape index (κ1) is 12.2. The molecule has 0 bridgehead atoms. The number of ether oxygens (including phenoxy) is 1. The molecule has 0 saturated carbocycles. The summed E-state index contributed by atoms with van der Waals surface area (Å²) in [4.78, 5) is 0. The lowest BCUT2D eigenvalue weighted by Crippen LogP contribution is -2.24. The van der Waals surface area contributed by atoms with Crippen molar-refractivity contribution in [2.45, 2.75) is 26.2 Å². The van der Waals surface area contributed by atoms with E-state index in [4.69, 9.17) is 4.74 Å². The van der Waals surface area contributed by atoms with Gasteiger partial charge < -0.3 is 10.1 Å². The highest BCUT2D eigenvalue weighted by Crippen LogP contribution is 2.36. The summed E-state index contributed by atoms with van der Waals surface area (Å²) in [6.07, 6.45) is 3.68. The topological polar surface area (TPSA) is 21.3 Å². The zero-order valence-corrected chi connectivity index (χ0v) is 11.8. The minimum atomic E-state index is 0.374. The van der Waals surface area contributed by atoms with Crippen LogP contribution in [0.4, 0.5) is 5.69 Å². The SMILES string of the molecule is CC1(COc2ccc3c(c2)CCCN3)CCSC1. The third kappa shape index (κ3) is 2.61. The van der Waals surface area contributed by atoms with Gasteiger partial charge in [-0.15, -0.1) is 0 Å². The van der Waals surface area contributed by atoms with Crippen LogP contribution in [0.15, 0.2) is 18.2 Å². The van der Waals surface area contributed by atoms with Crippen LogP contribution in [0, 0.1) is 5.41 Å². The Kier molecular flexibility index (Phi) is 3.42. The van der Waals surface area contributed by atoms with E-state index in [-0.39, 0.29) is 0 Å². The molecular formula is C15H21NOS. The average Bonchev–Trinajstić information content (AvgIpc) is 2.84. The van der Waals surface area contributed by atoms with E-state index in [1.807, 2.05) is 11.8 Å². The van der Waals surface area contributed by atoms with Gasteiger partial charge in [0, 0.05) is 23.4 Å². The third-order valence-electron chi connectivity index (χ3n) is 3.90. The molecule has 3 rings (SSSR count). The summed E-state index contributed by atoms with van der Waals surface area (Å²) in [5.41, 5.74) is 3.07. The van der Waals surface area contributed by atoms with Gasteiger partial charge >= 0.3 is 0 Å². The maximum absolute atomic E-state index is 6.02. The van der Waals surface area contributed by atoms with Crippen LogP contribution in [0.2, 0.25) is 0 Å². The number of nitrogens with one attached hydrogen (secondary N) is 1. The van der Waals surface area contributed by atoms with Crippen molar-refractivity contribution in [3.8, 4) is 5.75 Å². The van der Waals surface area contributed by atoms with Gasteiger partial charge in [-0.1, -0.05) is 6.92 Å². The molecule has 0 spiro atoms. The Labute approximate surface area is 113 Å². The molecule has 1 N–H and O–H groups in total. The van der Waals surface area contributed by atoms with Crippen molar-refractivity contribution in [3.05, 3.63) is 23.8 Å². The number of aryl methyl sites for hydroxylation is 1. The summed E-state index contributed by atoms with van der Waals surface area (Å²) in [6.45, 7) is 4.29. The Morgan fingerprint density at radius 2 is 2.39 bits per heavy atom. The fourth-order valence-corrected chi connectivity index (χ4v) is 4.12. The zero-order chi connectivity index (χ0) is 12.4. The zero-order valence-electron chi connectivity index (χ0n) is 11.0. The van der Waals surface area contributed by atoms with Gasteiger partial charge in [-0.3, -0.25) is 0 Å². The minimum absolute atomic E-state index is 0.374. The normalized spacial score (nSPS) is 26.5. The Bertz CT molecular complexity index is 427. The van der Waals surface area contributed by atoms with E-state index < -0.39 is 0 Å². The van der Waals surface area contributed by atoms with Gasteiger partial charge in [-0.2, -0.15) is 11.8 Å². The fourth-order valence-electron chi connectivity index (χ4n) is 2.62. The Morgan fingerprint density at radius 1 is 1.44 bits per heavy atom. The predicted octanol–water partition coefficient (Wildman–Crippen LogP) is 3.57. The van der Waals surface area contributed by atoms with Crippen molar-refractivity contribution < 1.29 is 4.74 Å². The maximum atomic E-state index is 6.02. The molecule has 0 aliphatic carbocycles. The molecule has 1 unspecified atom stereocenters. The second-order valence-corrected chi connectivity index (χ2v) is 6.86. The first-order valence-corrected chi connectivity index (χ1v) is 7.98. The molecule has 1 atom stereocenters. The van der Waals surface area contributed by atoms with Crippen LogP contribution < -0.4 is 10.1 Å². The van der Waals surface area contributed by atoms with Gasteiger partial charge in [-0.25, -0.2) is 0 Å². The van der Waals surface area contributed by atoms with Crippen LogP contribution in [-0.2, 0) is 6.42 Å². The molecule has 2 heterocycles. The van der Waals surface area contributed by atoms with Crippen molar-refractivity contribution in [1.29, 1.82) is 0 Å². The van der Waals surface area contributed by atoms with Gasteiger partial charge in [0.15, 0.2) is 0 Å². The van der Waals surface area contributed by atoms with Crippen LogP contribution in [0.1, 0.15) is 25.3 Å². The van der Waals surface area contributed by atoms with Gasteiger partial charge in [-0.05, 0) is 48.8 Å². The first-order chi connectivity index (χ1) is 8.75. The van der Waals surface area contributed by atoms with Crippen molar-refractivity contribution in [2.75, 3.05) is 30.0 Å². The lowest BCUT2D eigenvalue weighted by molar-refractivity contribution is 0.186. The van der Waals surface area contributed by atoms with Crippen molar-refractivity contribution in [2.24, 2.45) is 5.41 Å². The largest absolute Gasteiger partial charge is 0.493 e. The molecule has 1 fully saturated rings. The first-order valence-electron chi connectivity index (χ1n) is 6.83. The Morgan fingerprint density at radius 3 is 3.22 bits per heavy atom. The molecule has 2 aliphatic heterocycles. The quantitative estimate of drug-likeness (QED) is 0.901. The highest BCUT2D eigenvalue weighted by molar-refractivity contribution is 7.99. The summed E-state index contributed by atoms with van der Waals surface area (Å²) in [6, 6.07) is 6.48. The molecule has 1 aromatic carbocycles. The number of hydrogen-bond acceptors (Lipinski definition) is 3. The van der Waals surface area contributed by atoms with E-state index in [9.17, 15) is 0 Å². The van der Waals surface area contributed by atoms with E-state index >= 15 is 0 Å². The predicted molar refractivity (Wildman–Crippen MR) is 78.8 cm³/mol. The Balaban J connectivity index is 1.66. The molecular weight excluding hydrogens is 242 g/mol. The second kappa shape index (κ2) is 5.04. The molecule has 2 aliphatic rings. The van der Waals surface area contributed by atoms with E-state index in [1.165, 1.54) is 42.0 Å². The summed E-state index contributed by atoms with van der Waals surface area (Å²) in [5.74, 6) is 3.56. The van der Waals surface area contributed by atoms with Crippen molar-refractivity contribution in [3.63, 3.8) is 0 Å². The van der Waals surface area contributed by atoms with Gasteiger partial charge in [0.2, 0.25) is 0 Å². The molecule has 0 amide bonds. The van der Waals surface area contributed by atoms with Crippen LogP contribution in [-0.4, -0.2) is 24.7 Å². The van der Waals surface area contributed by atoms with Crippen LogP contribution in [0.25, 0.3) is 0 Å². The molecule has 18 heavy (non-hydrogen) atoms. The third-order valence-corrected chi connectivity index (χ3v) is 5.30. The second-order valence-electron chi connectivity index (χ2n) is 5.75. The molecule has 1 saturated heterocycles. The Hall–Kier alpha value is -0.830. The molecule has 0 aromatic heterocycles. The lowest BCUT2D eigenvalue weighted by Gasteiger charge is -2.24. The molecule has 98 valence electrons. The summed E-state index contributed by atoms with van der Waals surface area (Å²) in [7, 11) is 0. The number of fused-ring (bicyclic) bond motifs is 1. The number of hydrogen-bond donors (Lipinski definition) is 1. The smallest absolute Gasteiger partial charge is 0.119 e. The van der Waals surface area contributed by atoms with Crippen molar-refractivity contribution in [1.82, 2.24) is 0 Å². The van der Waals surface area contributed by atoms with Crippen molar-refractivity contribution >= 4 is 17.4 Å². The minimum Gasteiger partial charge on any atom is -0.493 e. The van der Waals surface area contributed by atoms with Crippen LogP contribution >= 0.6 is 11.8 Å². The number of rotatable bonds is 3. The summed E-state index contributed by atoms with van der Waals surface area (Å²) in [5, 5.41) is 3.44. The van der Waals surface area contributed by atoms with E-state index in [0.717, 1.165) is 18.9 Å². The summed E-state index contributed by atoms with van der Waals surface area (Å²) >= 11 is 2.05. The average molecular weight is 263 g/mol. The number of thioether (sulfide) groups is 1. The maximum Gasteiger partial charge on any atom is 0.119 e. The monoisotopic (exact) mass is 263 g/mol. The van der Waals surface area contributed by atoms with Gasteiger partial charge in [0.1, 0.15) is 5.75 Å². The highest BCUT2D eigenvalue weighted by Gasteiger charge is 2.30. The van der Waals surface area contributed by atoms with E-state index in [1.54, 1.807) is 0 Å². The van der Waals surface area contributed by atoms with E-state index in [2.05, 4.69) is 30.4 Å². The fraction of sp³-hybridized carbons (Fsp3) is 0.600. The highest BCUT2D eigenvalue weighted by atomic mass is 32.2. The van der Waals surface area contributed by atoms with Crippen LogP contribution in [0.5, 0.6) is 5.75 Å². The molecule has 0 radical (unpaired) electrons. The van der Waals surface area contributed by atoms with Gasteiger partial charge in [0.05, 0.1) is 6.61 Å². The molecule has 3 heteroatoms. The number of benzene rings is 1. The number of anilines is 1. The van der Waals surface area contributed by atoms with Crippen LogP contribution in [0.3, 0.4) is 0 Å².